The summed E-state index contributed by atoms with van der Waals surface area (Å²) < 4.78 is 24.2. The average molecular weight is 453 g/mol. The third-order valence-corrected chi connectivity index (χ3v) is 6.71. The van der Waals surface area contributed by atoms with E-state index in [-0.39, 0.29) is 17.1 Å². The van der Waals surface area contributed by atoms with Gasteiger partial charge in [0, 0.05) is 26.6 Å². The fourth-order valence-electron chi connectivity index (χ4n) is 4.98. The molecule has 3 aromatic rings. The third-order valence-electron chi connectivity index (χ3n) is 6.18. The van der Waals surface area contributed by atoms with Crippen LogP contribution in [0, 0.1) is 0 Å². The lowest BCUT2D eigenvalue weighted by Gasteiger charge is -2.30. The van der Waals surface area contributed by atoms with Crippen LogP contribution in [0.15, 0.2) is 9.40 Å². The Morgan fingerprint density at radius 1 is 1.43 bits per heavy atom. The second kappa shape index (κ2) is 6.28. The van der Waals surface area contributed by atoms with Gasteiger partial charge in [0.25, 0.3) is 11.6 Å². The van der Waals surface area contributed by atoms with Crippen LogP contribution in [-0.2, 0) is 13.6 Å². The van der Waals surface area contributed by atoms with Gasteiger partial charge in [0.2, 0.25) is 0 Å². The lowest BCUT2D eigenvalue weighted by atomic mass is 9.95. The highest BCUT2D eigenvalue weighted by Crippen LogP contribution is 2.40. The number of aromatic amines is 1. The van der Waals surface area contributed by atoms with Crippen LogP contribution < -0.4 is 10.3 Å². The SMILES string of the molecule is CCn1c2nc(OC[C@@]34CCCN3C[C@H](F)C4)[nH]c(=O)c2c2c1c(Br)nn2C. The zero-order chi connectivity index (χ0) is 19.6. The molecule has 0 aromatic carbocycles. The lowest BCUT2D eigenvalue weighted by Crippen LogP contribution is -2.43. The summed E-state index contributed by atoms with van der Waals surface area (Å²) in [6, 6.07) is 0.183. The normalized spacial score (nSPS) is 25.2. The van der Waals surface area contributed by atoms with Crippen LogP contribution in [-0.4, -0.2) is 60.6 Å². The molecule has 2 atom stereocenters. The summed E-state index contributed by atoms with van der Waals surface area (Å²) in [5.41, 5.74) is 1.60. The monoisotopic (exact) mass is 452 g/mol. The maximum atomic E-state index is 14.0. The predicted molar refractivity (Wildman–Crippen MR) is 107 cm³/mol. The molecule has 3 aromatic heterocycles. The van der Waals surface area contributed by atoms with Crippen molar-refractivity contribution in [1.82, 2.24) is 29.2 Å². The summed E-state index contributed by atoms with van der Waals surface area (Å²) in [7, 11) is 1.80. The molecule has 5 heterocycles. The van der Waals surface area contributed by atoms with Gasteiger partial charge in [-0.15, -0.1) is 0 Å². The Hall–Kier alpha value is -1.94. The number of nitrogens with zero attached hydrogens (tertiary/aromatic N) is 5. The van der Waals surface area contributed by atoms with Crippen LogP contribution in [0.4, 0.5) is 4.39 Å². The minimum Gasteiger partial charge on any atom is -0.463 e. The van der Waals surface area contributed by atoms with Gasteiger partial charge in [0.1, 0.15) is 29.2 Å². The molecule has 10 heteroatoms. The smallest absolute Gasteiger partial charge is 0.298 e. The number of alkyl halides is 1. The molecule has 0 bridgehead atoms. The van der Waals surface area contributed by atoms with Gasteiger partial charge in [-0.05, 0) is 42.2 Å². The molecule has 2 aliphatic heterocycles. The molecule has 5 rings (SSSR count). The largest absolute Gasteiger partial charge is 0.463 e. The van der Waals surface area contributed by atoms with Crippen molar-refractivity contribution in [2.45, 2.75) is 44.4 Å². The first-order chi connectivity index (χ1) is 13.4. The van der Waals surface area contributed by atoms with Gasteiger partial charge >= 0.3 is 0 Å². The Labute approximate surface area is 168 Å². The molecule has 0 unspecified atom stereocenters. The third kappa shape index (κ3) is 2.46. The predicted octanol–water partition coefficient (Wildman–Crippen LogP) is 2.35. The number of H-pyrrole nitrogens is 1. The molecule has 0 aliphatic carbocycles. The standard InChI is InChI=1S/C18H22BrFN6O2/c1-3-26-13-12(24(2)23-14(13)19)11-15(26)21-17(22-16(11)27)28-9-18-5-4-6-25(18)8-10(20)7-18/h10H,3-9H2,1-2H3,(H,21,22,27)/t10-,18+/m1/s1. The molecule has 2 fully saturated rings. The number of aromatic nitrogens is 5. The number of hydrogen-bond acceptors (Lipinski definition) is 5. The van der Waals surface area contributed by atoms with E-state index in [1.807, 2.05) is 11.5 Å². The first-order valence-electron chi connectivity index (χ1n) is 9.60. The summed E-state index contributed by atoms with van der Waals surface area (Å²) in [6.07, 6.45) is 1.62. The molecule has 2 aliphatic rings. The van der Waals surface area contributed by atoms with E-state index in [0.717, 1.165) is 30.4 Å². The van der Waals surface area contributed by atoms with Crippen molar-refractivity contribution in [2.75, 3.05) is 19.7 Å². The van der Waals surface area contributed by atoms with Crippen LogP contribution in [0.3, 0.4) is 0 Å². The Balaban J connectivity index is 1.56. The minimum atomic E-state index is -0.814. The average Bonchev–Trinajstić information content (AvgIpc) is 3.33. The number of fused-ring (bicyclic) bond motifs is 4. The van der Waals surface area contributed by atoms with E-state index in [4.69, 9.17) is 4.74 Å². The molecule has 0 spiro atoms. The number of ether oxygens (including phenoxy) is 1. The number of rotatable bonds is 4. The Morgan fingerprint density at radius 2 is 2.25 bits per heavy atom. The summed E-state index contributed by atoms with van der Waals surface area (Å²) in [5, 5.41) is 4.86. The van der Waals surface area contributed by atoms with Crippen LogP contribution in [0.25, 0.3) is 22.1 Å². The van der Waals surface area contributed by atoms with Crippen molar-refractivity contribution >= 4 is 38.0 Å². The van der Waals surface area contributed by atoms with E-state index in [0.29, 0.717) is 41.8 Å². The van der Waals surface area contributed by atoms with Crippen LogP contribution in [0.1, 0.15) is 26.2 Å². The molecular weight excluding hydrogens is 431 g/mol. The highest BCUT2D eigenvalue weighted by Gasteiger charge is 2.49. The molecule has 1 N–H and O–H groups in total. The zero-order valence-corrected chi connectivity index (χ0v) is 17.4. The van der Waals surface area contributed by atoms with Gasteiger partial charge in [0.15, 0.2) is 10.3 Å². The maximum Gasteiger partial charge on any atom is 0.298 e. The number of halogens is 2. The quantitative estimate of drug-likeness (QED) is 0.656. The van der Waals surface area contributed by atoms with Gasteiger partial charge in [0.05, 0.1) is 5.54 Å². The topological polar surface area (TPSA) is 81.0 Å². The Morgan fingerprint density at radius 3 is 3.04 bits per heavy atom. The highest BCUT2D eigenvalue weighted by atomic mass is 79.9. The summed E-state index contributed by atoms with van der Waals surface area (Å²) >= 11 is 3.48. The summed E-state index contributed by atoms with van der Waals surface area (Å²) in [4.78, 5) is 22.4. The molecule has 0 amide bonds. The molecule has 0 saturated carbocycles. The van der Waals surface area contributed by atoms with E-state index in [1.165, 1.54) is 0 Å². The van der Waals surface area contributed by atoms with E-state index < -0.39 is 6.17 Å². The van der Waals surface area contributed by atoms with E-state index in [2.05, 4.69) is 35.9 Å². The van der Waals surface area contributed by atoms with Crippen molar-refractivity contribution in [2.24, 2.45) is 7.05 Å². The minimum absolute atomic E-state index is 0.183. The van der Waals surface area contributed by atoms with Gasteiger partial charge in [-0.1, -0.05) is 0 Å². The first kappa shape index (κ1) is 18.1. The van der Waals surface area contributed by atoms with Crippen LogP contribution in [0.5, 0.6) is 6.01 Å². The van der Waals surface area contributed by atoms with Crippen molar-refractivity contribution in [1.29, 1.82) is 0 Å². The van der Waals surface area contributed by atoms with Crippen molar-refractivity contribution < 1.29 is 9.13 Å². The fraction of sp³-hybridized carbons (Fsp3) is 0.611. The molecule has 0 radical (unpaired) electrons. The first-order valence-corrected chi connectivity index (χ1v) is 10.4. The van der Waals surface area contributed by atoms with Crippen molar-refractivity contribution in [3.05, 3.63) is 15.0 Å². The van der Waals surface area contributed by atoms with Crippen LogP contribution >= 0.6 is 15.9 Å². The summed E-state index contributed by atoms with van der Waals surface area (Å²) in [6.45, 7) is 4.34. The molecule has 150 valence electrons. The van der Waals surface area contributed by atoms with Gasteiger partial charge in [-0.2, -0.15) is 10.1 Å². The van der Waals surface area contributed by atoms with Crippen LogP contribution in [0.2, 0.25) is 0 Å². The van der Waals surface area contributed by atoms with E-state index >= 15 is 0 Å². The lowest BCUT2D eigenvalue weighted by molar-refractivity contribution is 0.107. The van der Waals surface area contributed by atoms with Gasteiger partial charge in [-0.25, -0.2) is 4.39 Å². The summed E-state index contributed by atoms with van der Waals surface area (Å²) in [5.74, 6) is 0. The highest BCUT2D eigenvalue weighted by molar-refractivity contribution is 9.10. The molecule has 2 saturated heterocycles. The zero-order valence-electron chi connectivity index (χ0n) is 15.8. The Kier molecular flexibility index (Phi) is 4.06. The fourth-order valence-corrected chi connectivity index (χ4v) is 5.62. The number of hydrogen-bond donors (Lipinski definition) is 1. The Bertz CT molecular complexity index is 1140. The van der Waals surface area contributed by atoms with Gasteiger partial charge < -0.3 is 9.30 Å². The van der Waals surface area contributed by atoms with Gasteiger partial charge in [-0.3, -0.25) is 19.4 Å². The van der Waals surface area contributed by atoms with Crippen molar-refractivity contribution in [3.8, 4) is 6.01 Å². The molecule has 8 nitrogen and oxygen atoms in total. The number of nitrogens with one attached hydrogen (secondary N) is 1. The van der Waals surface area contributed by atoms with Crippen molar-refractivity contribution in [3.63, 3.8) is 0 Å². The molecule has 28 heavy (non-hydrogen) atoms. The maximum absolute atomic E-state index is 14.0. The second-order valence-corrected chi connectivity index (χ2v) is 8.54. The molecular formula is C18H22BrFN6O2. The van der Waals surface area contributed by atoms with E-state index in [1.54, 1.807) is 11.7 Å². The number of aryl methyl sites for hydroxylation is 2. The van der Waals surface area contributed by atoms with E-state index in [9.17, 15) is 9.18 Å². The second-order valence-electron chi connectivity index (χ2n) is 7.79.